The molecule has 0 saturated carbocycles. The van der Waals surface area contributed by atoms with Gasteiger partial charge in [0.15, 0.2) is 11.2 Å². The second-order valence-corrected chi connectivity index (χ2v) is 6.96. The smallest absolute Gasteiger partial charge is 0.314 e. The van der Waals surface area contributed by atoms with Gasteiger partial charge in [0.05, 0.1) is 5.56 Å². The van der Waals surface area contributed by atoms with E-state index in [1.165, 1.54) is 15.2 Å². The number of hydrogen-bond donors (Lipinski definition) is 0. The molecule has 0 amide bonds. The topological polar surface area (TPSA) is 61.8 Å². The van der Waals surface area contributed by atoms with Gasteiger partial charge in [-0.2, -0.15) is 0 Å². The van der Waals surface area contributed by atoms with Gasteiger partial charge in [-0.25, -0.2) is 14.2 Å². The standard InChI is InChI=1S/C22H21FN4O2/c1-3-13-26-21(28)18-20(25(2)22(26)29)24-19(16-11-7-8-12-17(16)23)27(18)14-15-9-5-4-6-10-15/h4-12H,3,13-14H2,1-2H3. The Bertz CT molecular complexity index is 1300. The number of imidazole rings is 1. The van der Waals surface area contributed by atoms with Crippen molar-refractivity contribution in [1.82, 2.24) is 18.7 Å². The molecule has 0 saturated heterocycles. The van der Waals surface area contributed by atoms with E-state index in [4.69, 9.17) is 0 Å². The zero-order valence-corrected chi connectivity index (χ0v) is 16.3. The molecule has 2 aromatic heterocycles. The predicted octanol–water partition coefficient (Wildman–Crippen LogP) is 3.16. The number of nitrogens with zero attached hydrogens (tertiary/aromatic N) is 4. The van der Waals surface area contributed by atoms with Crippen LogP contribution >= 0.6 is 0 Å². The lowest BCUT2D eigenvalue weighted by Crippen LogP contribution is -2.39. The fraction of sp³-hybridized carbons (Fsp3) is 0.227. The van der Waals surface area contributed by atoms with Crippen LogP contribution in [0.5, 0.6) is 0 Å². The molecule has 6 nitrogen and oxygen atoms in total. The van der Waals surface area contributed by atoms with Crippen molar-refractivity contribution < 1.29 is 4.39 Å². The first-order chi connectivity index (χ1) is 14.0. The number of benzene rings is 2. The summed E-state index contributed by atoms with van der Waals surface area (Å²) in [4.78, 5) is 30.4. The zero-order chi connectivity index (χ0) is 20.5. The van der Waals surface area contributed by atoms with E-state index in [0.717, 1.165) is 5.56 Å². The summed E-state index contributed by atoms with van der Waals surface area (Å²) in [6, 6.07) is 15.9. The largest absolute Gasteiger partial charge is 0.332 e. The highest BCUT2D eigenvalue weighted by Gasteiger charge is 2.22. The van der Waals surface area contributed by atoms with E-state index in [1.807, 2.05) is 37.3 Å². The van der Waals surface area contributed by atoms with E-state index < -0.39 is 17.1 Å². The van der Waals surface area contributed by atoms with E-state index in [-0.39, 0.29) is 11.2 Å². The van der Waals surface area contributed by atoms with E-state index in [0.29, 0.717) is 30.9 Å². The zero-order valence-electron chi connectivity index (χ0n) is 16.3. The van der Waals surface area contributed by atoms with Gasteiger partial charge in [-0.15, -0.1) is 0 Å². The lowest BCUT2D eigenvalue weighted by Gasteiger charge is -2.11. The number of halogens is 1. The van der Waals surface area contributed by atoms with Crippen LogP contribution in [0.25, 0.3) is 22.6 Å². The molecule has 4 rings (SSSR count). The molecule has 29 heavy (non-hydrogen) atoms. The Labute approximate surface area is 166 Å². The van der Waals surface area contributed by atoms with Crippen LogP contribution in [0.3, 0.4) is 0 Å². The summed E-state index contributed by atoms with van der Waals surface area (Å²) >= 11 is 0. The van der Waals surface area contributed by atoms with Gasteiger partial charge in [0.1, 0.15) is 11.6 Å². The van der Waals surface area contributed by atoms with Gasteiger partial charge in [0.2, 0.25) is 0 Å². The first-order valence-corrected chi connectivity index (χ1v) is 9.51. The third kappa shape index (κ3) is 3.18. The van der Waals surface area contributed by atoms with Gasteiger partial charge in [0.25, 0.3) is 5.56 Å². The maximum Gasteiger partial charge on any atom is 0.332 e. The van der Waals surface area contributed by atoms with Gasteiger partial charge in [0, 0.05) is 20.1 Å². The van der Waals surface area contributed by atoms with Gasteiger partial charge < -0.3 is 4.57 Å². The number of rotatable bonds is 5. The normalized spacial score (nSPS) is 11.3. The summed E-state index contributed by atoms with van der Waals surface area (Å²) in [5.74, 6) is -0.112. The Morgan fingerprint density at radius 2 is 1.66 bits per heavy atom. The van der Waals surface area contributed by atoms with Gasteiger partial charge in [-0.3, -0.25) is 13.9 Å². The second-order valence-electron chi connectivity index (χ2n) is 6.96. The van der Waals surface area contributed by atoms with Crippen LogP contribution in [0.1, 0.15) is 18.9 Å². The fourth-order valence-electron chi connectivity index (χ4n) is 3.56. The molecule has 7 heteroatoms. The first-order valence-electron chi connectivity index (χ1n) is 9.51. The fourth-order valence-corrected chi connectivity index (χ4v) is 3.56. The molecule has 0 aliphatic carbocycles. The minimum absolute atomic E-state index is 0.251. The molecule has 0 bridgehead atoms. The average molecular weight is 392 g/mol. The molecule has 2 aromatic carbocycles. The number of hydrogen-bond acceptors (Lipinski definition) is 3. The lowest BCUT2D eigenvalue weighted by molar-refractivity contribution is 0.590. The highest BCUT2D eigenvalue weighted by Crippen LogP contribution is 2.26. The van der Waals surface area contributed by atoms with Crippen LogP contribution in [-0.2, 0) is 20.1 Å². The van der Waals surface area contributed by atoms with Crippen molar-refractivity contribution in [3.05, 3.63) is 86.8 Å². The maximum absolute atomic E-state index is 14.6. The number of aromatic nitrogens is 4. The van der Waals surface area contributed by atoms with Gasteiger partial charge in [-0.1, -0.05) is 49.4 Å². The molecule has 2 heterocycles. The molecule has 4 aromatic rings. The summed E-state index contributed by atoms with van der Waals surface area (Å²) in [6.07, 6.45) is 0.646. The average Bonchev–Trinajstić information content (AvgIpc) is 3.10. The lowest BCUT2D eigenvalue weighted by atomic mass is 10.2. The summed E-state index contributed by atoms with van der Waals surface area (Å²) in [5.41, 5.74) is 0.946. The molecule has 0 aliphatic rings. The quantitative estimate of drug-likeness (QED) is 0.524. The van der Waals surface area contributed by atoms with Crippen molar-refractivity contribution in [2.45, 2.75) is 26.4 Å². The predicted molar refractivity (Wildman–Crippen MR) is 110 cm³/mol. The van der Waals surface area contributed by atoms with Crippen molar-refractivity contribution in [3.63, 3.8) is 0 Å². The summed E-state index contributed by atoms with van der Waals surface area (Å²) in [5, 5.41) is 0. The Kier molecular flexibility index (Phi) is 4.88. The van der Waals surface area contributed by atoms with Crippen molar-refractivity contribution in [3.8, 4) is 11.4 Å². The van der Waals surface area contributed by atoms with E-state index in [9.17, 15) is 14.0 Å². The number of fused-ring (bicyclic) bond motifs is 1. The van der Waals surface area contributed by atoms with Crippen molar-refractivity contribution >= 4 is 11.2 Å². The molecule has 0 atom stereocenters. The molecular weight excluding hydrogens is 371 g/mol. The minimum atomic E-state index is -0.434. The van der Waals surface area contributed by atoms with Gasteiger partial charge >= 0.3 is 5.69 Å². The third-order valence-electron chi connectivity index (χ3n) is 4.98. The molecule has 0 radical (unpaired) electrons. The van der Waals surface area contributed by atoms with E-state index >= 15 is 0 Å². The third-order valence-corrected chi connectivity index (χ3v) is 4.98. The summed E-state index contributed by atoms with van der Waals surface area (Å²) < 4.78 is 18.9. The molecule has 0 fully saturated rings. The van der Waals surface area contributed by atoms with Crippen LogP contribution in [0, 0.1) is 5.82 Å². The van der Waals surface area contributed by atoms with Crippen molar-refractivity contribution in [1.29, 1.82) is 0 Å². The van der Waals surface area contributed by atoms with Crippen molar-refractivity contribution in [2.24, 2.45) is 7.05 Å². The van der Waals surface area contributed by atoms with E-state index in [1.54, 1.807) is 29.8 Å². The molecule has 0 aliphatic heterocycles. The molecule has 0 N–H and O–H groups in total. The monoisotopic (exact) mass is 392 g/mol. The molecule has 148 valence electrons. The molecule has 0 spiro atoms. The Hall–Kier alpha value is -3.48. The first kappa shape index (κ1) is 18.9. The van der Waals surface area contributed by atoms with Crippen LogP contribution < -0.4 is 11.2 Å². The van der Waals surface area contributed by atoms with Gasteiger partial charge in [-0.05, 0) is 24.1 Å². The Morgan fingerprint density at radius 3 is 2.34 bits per heavy atom. The summed E-state index contributed by atoms with van der Waals surface area (Å²) in [6.45, 7) is 2.55. The highest BCUT2D eigenvalue weighted by molar-refractivity contribution is 5.77. The van der Waals surface area contributed by atoms with Crippen LogP contribution in [0.2, 0.25) is 0 Å². The Morgan fingerprint density at radius 1 is 0.966 bits per heavy atom. The van der Waals surface area contributed by atoms with Crippen LogP contribution in [-0.4, -0.2) is 18.7 Å². The maximum atomic E-state index is 14.6. The number of aryl methyl sites for hydroxylation is 1. The van der Waals surface area contributed by atoms with E-state index in [2.05, 4.69) is 4.98 Å². The second kappa shape index (κ2) is 7.50. The SMILES string of the molecule is CCCn1c(=O)c2c(nc(-c3ccccc3F)n2Cc2ccccc2)n(C)c1=O. The minimum Gasteiger partial charge on any atom is -0.314 e. The molecular formula is C22H21FN4O2. The van der Waals surface area contributed by atoms with Crippen LogP contribution in [0.15, 0.2) is 64.2 Å². The Balaban J connectivity index is 2.10. The molecule has 0 unspecified atom stereocenters. The van der Waals surface area contributed by atoms with Crippen LogP contribution in [0.4, 0.5) is 4.39 Å². The van der Waals surface area contributed by atoms with Crippen molar-refractivity contribution in [2.75, 3.05) is 0 Å². The summed E-state index contributed by atoms with van der Waals surface area (Å²) in [7, 11) is 1.58. The highest BCUT2D eigenvalue weighted by atomic mass is 19.1.